The van der Waals surface area contributed by atoms with E-state index in [9.17, 15) is 14.4 Å². The summed E-state index contributed by atoms with van der Waals surface area (Å²) < 4.78 is 9.33. The van der Waals surface area contributed by atoms with Gasteiger partial charge in [0, 0.05) is 11.6 Å². The van der Waals surface area contributed by atoms with Gasteiger partial charge in [0.2, 0.25) is 0 Å². The molecule has 2 amide bonds. The lowest BCUT2D eigenvalue weighted by Crippen LogP contribution is -2.29. The summed E-state index contributed by atoms with van der Waals surface area (Å²) in [6, 6.07) is 10.6. The van der Waals surface area contributed by atoms with Crippen molar-refractivity contribution in [3.63, 3.8) is 0 Å². The Bertz CT molecular complexity index is 838. The third-order valence-corrected chi connectivity index (χ3v) is 3.86. The van der Waals surface area contributed by atoms with Gasteiger partial charge >= 0.3 is 18.0 Å². The van der Waals surface area contributed by atoms with E-state index in [4.69, 9.17) is 11.6 Å². The van der Waals surface area contributed by atoms with Gasteiger partial charge in [0.1, 0.15) is 0 Å². The number of carbonyl (C=O) groups is 3. The minimum absolute atomic E-state index is 0.105. The molecule has 26 heavy (non-hydrogen) atoms. The zero-order valence-corrected chi connectivity index (χ0v) is 14.9. The van der Waals surface area contributed by atoms with E-state index in [1.54, 1.807) is 24.3 Å². The van der Waals surface area contributed by atoms with Crippen LogP contribution in [0, 0.1) is 0 Å². The van der Waals surface area contributed by atoms with Crippen molar-refractivity contribution in [3.05, 3.63) is 64.2 Å². The molecule has 7 nitrogen and oxygen atoms in total. The van der Waals surface area contributed by atoms with Gasteiger partial charge in [-0.1, -0.05) is 29.8 Å². The Balaban J connectivity index is 2.17. The Labute approximate surface area is 155 Å². The monoisotopic (exact) mass is 376 g/mol. The van der Waals surface area contributed by atoms with E-state index in [1.807, 2.05) is 0 Å². The summed E-state index contributed by atoms with van der Waals surface area (Å²) in [5.74, 6) is -1.25. The number of benzene rings is 2. The Morgan fingerprint density at radius 2 is 1.69 bits per heavy atom. The molecule has 0 bridgehead atoms. The first kappa shape index (κ1) is 19.3. The molecular formula is C18H17ClN2O5. The Morgan fingerprint density at radius 1 is 1.00 bits per heavy atom. The summed E-state index contributed by atoms with van der Waals surface area (Å²) >= 11 is 6.04. The van der Waals surface area contributed by atoms with Crippen LogP contribution in [0.3, 0.4) is 0 Å². The Kier molecular flexibility index (Phi) is 6.57. The first-order chi connectivity index (χ1) is 12.5. The predicted molar refractivity (Wildman–Crippen MR) is 96.4 cm³/mol. The minimum Gasteiger partial charge on any atom is -0.465 e. The highest BCUT2D eigenvalue weighted by atomic mass is 35.5. The number of urea groups is 1. The van der Waals surface area contributed by atoms with Gasteiger partial charge in [-0.05, 0) is 29.8 Å². The van der Waals surface area contributed by atoms with Gasteiger partial charge < -0.3 is 20.1 Å². The van der Waals surface area contributed by atoms with Crippen LogP contribution in [0.25, 0.3) is 0 Å². The van der Waals surface area contributed by atoms with Crippen molar-refractivity contribution in [2.24, 2.45) is 0 Å². The molecule has 0 aliphatic rings. The van der Waals surface area contributed by atoms with Crippen LogP contribution in [0.2, 0.25) is 5.02 Å². The van der Waals surface area contributed by atoms with Gasteiger partial charge in [-0.25, -0.2) is 14.4 Å². The molecule has 0 heterocycles. The third kappa shape index (κ3) is 4.73. The molecule has 2 rings (SSSR count). The second-order valence-corrected chi connectivity index (χ2v) is 5.55. The minimum atomic E-state index is -0.650. The van der Waals surface area contributed by atoms with E-state index in [2.05, 4.69) is 20.1 Å². The zero-order valence-electron chi connectivity index (χ0n) is 14.2. The lowest BCUT2D eigenvalue weighted by atomic mass is 10.1. The van der Waals surface area contributed by atoms with Crippen LogP contribution < -0.4 is 10.6 Å². The average Bonchev–Trinajstić information content (AvgIpc) is 2.66. The maximum Gasteiger partial charge on any atom is 0.339 e. The number of amides is 2. The second-order valence-electron chi connectivity index (χ2n) is 5.14. The molecule has 2 N–H and O–H groups in total. The quantitative estimate of drug-likeness (QED) is 0.781. The molecular weight excluding hydrogens is 360 g/mol. The van der Waals surface area contributed by atoms with E-state index in [0.29, 0.717) is 5.02 Å². The summed E-state index contributed by atoms with van der Waals surface area (Å²) in [4.78, 5) is 35.7. The highest BCUT2D eigenvalue weighted by Crippen LogP contribution is 2.20. The number of anilines is 1. The smallest absolute Gasteiger partial charge is 0.339 e. The fourth-order valence-corrected chi connectivity index (χ4v) is 2.37. The molecule has 0 saturated heterocycles. The van der Waals surface area contributed by atoms with Crippen molar-refractivity contribution < 1.29 is 23.9 Å². The number of nitrogens with one attached hydrogen (secondary N) is 2. The van der Waals surface area contributed by atoms with Crippen molar-refractivity contribution in [1.29, 1.82) is 0 Å². The maximum atomic E-state index is 12.2. The van der Waals surface area contributed by atoms with Gasteiger partial charge in [0.05, 0.1) is 31.0 Å². The summed E-state index contributed by atoms with van der Waals surface area (Å²) in [7, 11) is 2.46. The summed E-state index contributed by atoms with van der Waals surface area (Å²) in [6.07, 6.45) is 0. The summed E-state index contributed by atoms with van der Waals surface area (Å²) in [5, 5.41) is 5.69. The largest absolute Gasteiger partial charge is 0.465 e. The van der Waals surface area contributed by atoms with Crippen molar-refractivity contribution in [2.45, 2.75) is 6.54 Å². The molecule has 0 saturated carbocycles. The van der Waals surface area contributed by atoms with Crippen LogP contribution in [0.1, 0.15) is 26.3 Å². The van der Waals surface area contributed by atoms with Crippen LogP contribution in [0.4, 0.5) is 10.5 Å². The molecule has 2 aromatic carbocycles. The number of methoxy groups -OCH3 is 2. The third-order valence-electron chi connectivity index (χ3n) is 3.49. The summed E-state index contributed by atoms with van der Waals surface area (Å²) in [5.41, 5.74) is 1.15. The van der Waals surface area contributed by atoms with Crippen LogP contribution in [-0.4, -0.2) is 32.2 Å². The van der Waals surface area contributed by atoms with Crippen LogP contribution >= 0.6 is 11.6 Å². The highest BCUT2D eigenvalue weighted by molar-refractivity contribution is 6.31. The van der Waals surface area contributed by atoms with Crippen molar-refractivity contribution in [3.8, 4) is 0 Å². The maximum absolute atomic E-state index is 12.2. The number of hydrogen-bond donors (Lipinski definition) is 2. The van der Waals surface area contributed by atoms with E-state index >= 15 is 0 Å². The number of ether oxygens (including phenoxy) is 2. The molecule has 0 radical (unpaired) electrons. The first-order valence-electron chi connectivity index (χ1n) is 7.55. The first-order valence-corrected chi connectivity index (χ1v) is 7.93. The van der Waals surface area contributed by atoms with Crippen molar-refractivity contribution >= 4 is 35.3 Å². The van der Waals surface area contributed by atoms with E-state index in [-0.39, 0.29) is 23.4 Å². The Morgan fingerprint density at radius 3 is 2.35 bits per heavy atom. The van der Waals surface area contributed by atoms with E-state index < -0.39 is 18.0 Å². The van der Waals surface area contributed by atoms with E-state index in [0.717, 1.165) is 5.56 Å². The summed E-state index contributed by atoms with van der Waals surface area (Å²) in [6.45, 7) is 0.190. The van der Waals surface area contributed by atoms with Gasteiger partial charge in [0.15, 0.2) is 0 Å². The molecule has 0 aliphatic heterocycles. The van der Waals surface area contributed by atoms with Gasteiger partial charge in [-0.15, -0.1) is 0 Å². The zero-order chi connectivity index (χ0) is 19.1. The van der Waals surface area contributed by atoms with Gasteiger partial charge in [-0.2, -0.15) is 0 Å². The van der Waals surface area contributed by atoms with Crippen LogP contribution in [0.15, 0.2) is 42.5 Å². The topological polar surface area (TPSA) is 93.7 Å². The molecule has 0 fully saturated rings. The number of esters is 2. The average molecular weight is 377 g/mol. The number of carbonyl (C=O) groups excluding carboxylic acids is 3. The molecule has 0 aliphatic carbocycles. The number of hydrogen-bond acceptors (Lipinski definition) is 5. The number of rotatable bonds is 5. The molecule has 0 spiro atoms. The van der Waals surface area contributed by atoms with E-state index in [1.165, 1.54) is 32.4 Å². The van der Waals surface area contributed by atoms with Gasteiger partial charge in [0.25, 0.3) is 0 Å². The van der Waals surface area contributed by atoms with Crippen molar-refractivity contribution in [1.82, 2.24) is 5.32 Å². The molecule has 0 aromatic heterocycles. The lowest BCUT2D eigenvalue weighted by Gasteiger charge is -2.12. The molecule has 0 unspecified atom stereocenters. The molecule has 2 aromatic rings. The molecule has 136 valence electrons. The highest BCUT2D eigenvalue weighted by Gasteiger charge is 2.17. The lowest BCUT2D eigenvalue weighted by molar-refractivity contribution is 0.0587. The number of halogens is 1. The Hall–Kier alpha value is -3.06. The fraction of sp³-hybridized carbons (Fsp3) is 0.167. The molecule has 0 atom stereocenters. The normalized spacial score (nSPS) is 9.96. The SMILES string of the molecule is COC(=O)c1ccc(C(=O)OC)c(NC(=O)NCc2ccccc2Cl)c1. The molecule has 8 heteroatoms. The standard InChI is InChI=1S/C18H17ClN2O5/c1-25-16(22)11-7-8-13(17(23)26-2)15(9-11)21-18(24)20-10-12-5-3-4-6-14(12)19/h3-9H,10H2,1-2H3,(H2,20,21,24). The predicted octanol–water partition coefficient (Wildman–Crippen LogP) is 3.23. The van der Waals surface area contributed by atoms with Crippen LogP contribution in [0.5, 0.6) is 0 Å². The van der Waals surface area contributed by atoms with Crippen molar-refractivity contribution in [2.75, 3.05) is 19.5 Å². The van der Waals surface area contributed by atoms with Gasteiger partial charge in [-0.3, -0.25) is 0 Å². The second kappa shape index (κ2) is 8.87. The van der Waals surface area contributed by atoms with Crippen LogP contribution in [-0.2, 0) is 16.0 Å². The fourth-order valence-electron chi connectivity index (χ4n) is 2.16.